The van der Waals surface area contributed by atoms with E-state index in [4.69, 9.17) is 47.4 Å². The largest absolute Gasteiger partial charge is 0.465 e. The molecule has 21 nitrogen and oxygen atoms in total. The normalized spacial score (nSPS) is 52.1. The number of carbonyl (C=O) groups excluding carboxylic acids is 3. The van der Waals surface area contributed by atoms with Gasteiger partial charge in [-0.15, -0.1) is 0 Å². The molecule has 4 saturated carbocycles. The number of fused-ring (bicyclic) bond motifs is 5. The van der Waals surface area contributed by atoms with E-state index in [1.54, 1.807) is 0 Å². The van der Waals surface area contributed by atoms with Gasteiger partial charge in [0.2, 0.25) is 0 Å². The molecule has 8 rings (SSSR count). The van der Waals surface area contributed by atoms with Gasteiger partial charge in [0.1, 0.15) is 67.1 Å². The number of aliphatic hydroxyl groups excluding tert-OH is 8. The van der Waals surface area contributed by atoms with Gasteiger partial charge >= 0.3 is 17.9 Å². The zero-order valence-electron chi connectivity index (χ0n) is 39.0. The summed E-state index contributed by atoms with van der Waals surface area (Å²) in [7, 11) is 1.29. The van der Waals surface area contributed by atoms with E-state index >= 15 is 0 Å². The predicted molar refractivity (Wildman–Crippen MR) is 223 cm³/mol. The first-order valence-electron chi connectivity index (χ1n) is 24.0. The van der Waals surface area contributed by atoms with E-state index in [1.165, 1.54) is 21.0 Å². The van der Waals surface area contributed by atoms with Gasteiger partial charge in [-0.1, -0.05) is 13.8 Å². The molecule has 0 amide bonds. The van der Waals surface area contributed by atoms with Crippen LogP contribution in [-0.2, 0) is 61.8 Å². The van der Waals surface area contributed by atoms with E-state index in [0.29, 0.717) is 25.9 Å². The summed E-state index contributed by atoms with van der Waals surface area (Å²) in [5.41, 5.74) is -0.639. The van der Waals surface area contributed by atoms with Crippen LogP contribution in [0.3, 0.4) is 0 Å². The maximum atomic E-state index is 12.3. The number of cyclic esters (lactones) is 1. The average Bonchev–Trinajstić information content (AvgIpc) is 3.83. The minimum Gasteiger partial charge on any atom is -0.465 e. The van der Waals surface area contributed by atoms with Gasteiger partial charge in [-0.25, -0.2) is 0 Å². The van der Waals surface area contributed by atoms with Crippen molar-refractivity contribution in [2.24, 2.45) is 46.3 Å². The fraction of sp³-hybridized carbons (Fsp3) is 0.935. The molecule has 8 N–H and O–H groups in total. The molecule has 0 aromatic carbocycles. The highest BCUT2D eigenvalue weighted by molar-refractivity contribution is 5.71. The molecule has 67 heavy (non-hydrogen) atoms. The number of carbonyl (C=O) groups is 3. The van der Waals surface area contributed by atoms with Crippen molar-refractivity contribution in [3.63, 3.8) is 0 Å². The Bertz CT molecular complexity index is 1750. The van der Waals surface area contributed by atoms with Crippen LogP contribution in [0.2, 0.25) is 0 Å². The first-order chi connectivity index (χ1) is 31.7. The van der Waals surface area contributed by atoms with Crippen molar-refractivity contribution in [1.29, 1.82) is 0 Å². The Kier molecular flexibility index (Phi) is 15.4. The summed E-state index contributed by atoms with van der Waals surface area (Å²) >= 11 is 0. The molecule has 8 aliphatic rings. The molecule has 0 aromatic rings. The van der Waals surface area contributed by atoms with Crippen LogP contribution in [0.15, 0.2) is 0 Å². The Hall–Kier alpha value is -2.19. The van der Waals surface area contributed by atoms with Crippen molar-refractivity contribution in [1.82, 2.24) is 0 Å². The smallest absolute Gasteiger partial charge is 0.306 e. The van der Waals surface area contributed by atoms with Gasteiger partial charge < -0.3 is 88.2 Å². The minimum atomic E-state index is -1.82. The number of rotatable bonds is 12. The van der Waals surface area contributed by atoms with Gasteiger partial charge in [0.25, 0.3) is 0 Å². The van der Waals surface area contributed by atoms with Crippen LogP contribution in [0.4, 0.5) is 0 Å². The van der Waals surface area contributed by atoms with Gasteiger partial charge in [-0.05, 0) is 80.0 Å². The summed E-state index contributed by atoms with van der Waals surface area (Å²) in [6, 6.07) is 0. The van der Waals surface area contributed by atoms with Gasteiger partial charge in [0, 0.05) is 39.2 Å². The highest BCUT2D eigenvalue weighted by atomic mass is 16.8. The van der Waals surface area contributed by atoms with Crippen LogP contribution >= 0.6 is 0 Å². The Morgan fingerprint density at radius 3 is 2.09 bits per heavy atom. The van der Waals surface area contributed by atoms with Crippen LogP contribution in [0.5, 0.6) is 0 Å². The third-order valence-corrected chi connectivity index (χ3v) is 17.4. The SMILES string of the molecule is CO[C@H]1[C@@H](O)[C@@H](C)O[C@@H](O[C@H]2[C@H](O)[C@@H](O)[C@H](OC[C@H]3O[C@@H](O[C@@H]4C[C@H]5CC[C@H]6[C@H]7C[C@H](OC(C)=O)[C@H]([C@@H]8COC(=O)C8)[C@@]7(C)CC[C@@H]6[C@@]5(C)[C@H](O)C4)[C@H](O)[C@@H](O)[C@@H]3O)O[C@@H]2CO)[C@@H]1OC(C)=O. The van der Waals surface area contributed by atoms with Crippen LogP contribution in [-0.4, -0.2) is 196 Å². The molecule has 0 radical (unpaired) electrons. The summed E-state index contributed by atoms with van der Waals surface area (Å²) < 4.78 is 57.8. The molecule has 382 valence electrons. The highest BCUT2D eigenvalue weighted by Crippen LogP contribution is 2.69. The van der Waals surface area contributed by atoms with Gasteiger partial charge in [-0.2, -0.15) is 0 Å². The zero-order chi connectivity index (χ0) is 48.4. The van der Waals surface area contributed by atoms with E-state index in [2.05, 4.69) is 13.8 Å². The summed E-state index contributed by atoms with van der Waals surface area (Å²) in [6.45, 7) is 7.57. The third kappa shape index (κ3) is 9.43. The van der Waals surface area contributed by atoms with E-state index in [1.807, 2.05) is 0 Å². The molecule has 4 heterocycles. The Morgan fingerprint density at radius 2 is 1.43 bits per heavy atom. The zero-order valence-corrected chi connectivity index (χ0v) is 39.0. The van der Waals surface area contributed by atoms with Crippen LogP contribution in [0, 0.1) is 46.3 Å². The summed E-state index contributed by atoms with van der Waals surface area (Å²) in [6.07, 6.45) is -18.4. The van der Waals surface area contributed by atoms with Crippen LogP contribution in [0.25, 0.3) is 0 Å². The van der Waals surface area contributed by atoms with E-state index in [9.17, 15) is 55.2 Å². The quantitative estimate of drug-likeness (QED) is 0.0648. The van der Waals surface area contributed by atoms with E-state index in [-0.39, 0.29) is 65.4 Å². The lowest BCUT2D eigenvalue weighted by Crippen LogP contribution is -2.65. The van der Waals surface area contributed by atoms with Crippen molar-refractivity contribution in [3.05, 3.63) is 0 Å². The molecule has 0 bridgehead atoms. The van der Waals surface area contributed by atoms with Crippen molar-refractivity contribution < 1.29 is 103 Å². The van der Waals surface area contributed by atoms with E-state index in [0.717, 1.165) is 32.6 Å². The second-order valence-electron chi connectivity index (χ2n) is 21.0. The van der Waals surface area contributed by atoms with Crippen molar-refractivity contribution in [2.45, 2.75) is 196 Å². The predicted octanol–water partition coefficient (Wildman–Crippen LogP) is -1.19. The summed E-state index contributed by atoms with van der Waals surface area (Å²) in [5.74, 6) is -0.622. The molecule has 4 aliphatic heterocycles. The third-order valence-electron chi connectivity index (χ3n) is 17.4. The molecule has 4 saturated heterocycles. The number of hydrogen-bond donors (Lipinski definition) is 8. The second kappa shape index (κ2) is 20.1. The van der Waals surface area contributed by atoms with Crippen LogP contribution < -0.4 is 0 Å². The lowest BCUT2D eigenvalue weighted by Gasteiger charge is -2.62. The first kappa shape index (κ1) is 51.2. The van der Waals surface area contributed by atoms with Crippen LogP contribution in [0.1, 0.15) is 86.0 Å². The minimum absolute atomic E-state index is 0.00740. The standard InChI is InChI=1S/C46H72O21/c1-18-33(52)40(58-6)41(63-20(3)49)44(61-18)67-39-28(15-47)65-42(38(57)36(39)55)60-17-29-34(53)35(54)37(56)43(66-29)64-23-12-22-7-8-24-25(46(22,5)30(50)13-23)9-10-45(4)26(24)14-27(62-19(2)48)32(45)21-11-31(51)59-16-21/h18,21-30,32-44,47,50,52-57H,7-17H2,1-6H3/t18-,21+,22-,23-,24-,25+,26-,27+,28-,29-,30-,32+,33+,34-,35+,36-,37-,38-,39-,40+,41-,42-,43-,44+,45+,46+/m1/s1. The molecule has 21 heteroatoms. The Labute approximate surface area is 389 Å². The molecule has 8 fully saturated rings. The Balaban J connectivity index is 0.890. The maximum absolute atomic E-state index is 12.3. The molecular weight excluding hydrogens is 888 g/mol. The summed E-state index contributed by atoms with van der Waals surface area (Å²) in [5, 5.41) is 88.5. The van der Waals surface area contributed by atoms with Crippen molar-refractivity contribution in [2.75, 3.05) is 26.9 Å². The number of hydrogen-bond acceptors (Lipinski definition) is 21. The molecule has 4 aliphatic carbocycles. The molecule has 0 unspecified atom stereocenters. The lowest BCUT2D eigenvalue weighted by molar-refractivity contribution is -0.364. The Morgan fingerprint density at radius 1 is 0.731 bits per heavy atom. The van der Waals surface area contributed by atoms with Crippen molar-refractivity contribution in [3.8, 4) is 0 Å². The lowest BCUT2D eigenvalue weighted by atomic mass is 9.43. The fourth-order valence-corrected chi connectivity index (χ4v) is 14.1. The van der Waals surface area contributed by atoms with Gasteiger partial charge in [0.05, 0.1) is 44.6 Å². The number of esters is 3. The topological polar surface area (TPSA) is 305 Å². The van der Waals surface area contributed by atoms with E-state index < -0.39 is 129 Å². The monoisotopic (exact) mass is 960 g/mol. The average molecular weight is 961 g/mol. The molecule has 0 aromatic heterocycles. The van der Waals surface area contributed by atoms with Crippen molar-refractivity contribution >= 4 is 17.9 Å². The number of aliphatic hydroxyl groups is 8. The molecular formula is C46H72O21. The van der Waals surface area contributed by atoms with Gasteiger partial charge in [-0.3, -0.25) is 14.4 Å². The fourth-order valence-electron chi connectivity index (χ4n) is 14.1. The maximum Gasteiger partial charge on any atom is 0.306 e. The summed E-state index contributed by atoms with van der Waals surface area (Å²) in [4.78, 5) is 36.5. The number of ether oxygens (including phenoxy) is 10. The number of methoxy groups -OCH3 is 1. The highest BCUT2D eigenvalue weighted by Gasteiger charge is 2.66. The molecule has 0 spiro atoms. The first-order valence-corrected chi connectivity index (χ1v) is 24.0. The van der Waals surface area contributed by atoms with Gasteiger partial charge in [0.15, 0.2) is 25.0 Å². The molecule has 26 atom stereocenters. The second-order valence-corrected chi connectivity index (χ2v) is 21.0.